The van der Waals surface area contributed by atoms with Crippen LogP contribution < -0.4 is 5.32 Å². The number of halogens is 1. The van der Waals surface area contributed by atoms with Crippen molar-refractivity contribution in [1.29, 1.82) is 0 Å². The summed E-state index contributed by atoms with van der Waals surface area (Å²) in [6, 6.07) is 17.4. The maximum absolute atomic E-state index is 12.4. The lowest BCUT2D eigenvalue weighted by Crippen LogP contribution is -2.49. The molecule has 1 heterocycles. The molecule has 0 spiro atoms. The Morgan fingerprint density at radius 2 is 1.66 bits per heavy atom. The minimum Gasteiger partial charge on any atom is -0.352 e. The van der Waals surface area contributed by atoms with Crippen LogP contribution in [0.5, 0.6) is 0 Å². The zero-order valence-electron chi connectivity index (χ0n) is 16.4. The molecule has 0 saturated carbocycles. The molecule has 0 radical (unpaired) electrons. The smallest absolute Gasteiger partial charge is 0.251 e. The number of piperazine rings is 1. The number of hydrogen-bond donors (Lipinski definition) is 1. The number of benzene rings is 2. The van der Waals surface area contributed by atoms with E-state index in [0.29, 0.717) is 18.5 Å². The average molecular weight is 456 g/mol. The van der Waals surface area contributed by atoms with Crippen LogP contribution in [-0.4, -0.2) is 60.9 Å². The molecule has 2 aromatic rings. The molecule has 152 valence electrons. The molecule has 1 N–H and O–H groups in total. The number of nitrogens with one attached hydrogen (secondary N) is 1. The van der Waals surface area contributed by atoms with E-state index in [4.69, 9.17) is 0 Å². The minimum atomic E-state index is -0.152. The molecule has 0 bridgehead atoms. The SMILES string of the molecule is O=C(NCCC(=O)N1CCN(C/C=C/c2ccccc2)CC1)c1ccc(Br)cc1. The fourth-order valence-electron chi connectivity index (χ4n) is 3.23. The van der Waals surface area contributed by atoms with Crippen molar-refractivity contribution >= 4 is 33.8 Å². The predicted molar refractivity (Wildman–Crippen MR) is 120 cm³/mol. The fourth-order valence-corrected chi connectivity index (χ4v) is 3.49. The van der Waals surface area contributed by atoms with Crippen LogP contribution in [0.2, 0.25) is 0 Å². The van der Waals surface area contributed by atoms with Crippen LogP contribution in [0.15, 0.2) is 65.1 Å². The van der Waals surface area contributed by atoms with Gasteiger partial charge in [-0.05, 0) is 29.8 Å². The lowest BCUT2D eigenvalue weighted by atomic mass is 10.2. The van der Waals surface area contributed by atoms with E-state index in [-0.39, 0.29) is 11.8 Å². The van der Waals surface area contributed by atoms with E-state index in [0.717, 1.165) is 37.2 Å². The van der Waals surface area contributed by atoms with Gasteiger partial charge in [-0.1, -0.05) is 58.4 Å². The van der Waals surface area contributed by atoms with Crippen molar-refractivity contribution in [2.45, 2.75) is 6.42 Å². The highest BCUT2D eigenvalue weighted by atomic mass is 79.9. The first kappa shape index (κ1) is 21.3. The monoisotopic (exact) mass is 455 g/mol. The zero-order chi connectivity index (χ0) is 20.5. The maximum Gasteiger partial charge on any atom is 0.251 e. The topological polar surface area (TPSA) is 52.7 Å². The van der Waals surface area contributed by atoms with Crippen molar-refractivity contribution in [3.63, 3.8) is 0 Å². The third-order valence-corrected chi connectivity index (χ3v) is 5.46. The number of rotatable bonds is 7. The van der Waals surface area contributed by atoms with Gasteiger partial charge in [0.05, 0.1) is 0 Å². The first-order valence-corrected chi connectivity index (χ1v) is 10.7. The van der Waals surface area contributed by atoms with Crippen molar-refractivity contribution in [3.05, 3.63) is 76.3 Å². The first-order valence-electron chi connectivity index (χ1n) is 9.87. The summed E-state index contributed by atoms with van der Waals surface area (Å²) in [6.45, 7) is 4.46. The van der Waals surface area contributed by atoms with Crippen LogP contribution in [0.25, 0.3) is 6.08 Å². The number of nitrogens with zero attached hydrogens (tertiary/aromatic N) is 2. The first-order chi connectivity index (χ1) is 14.1. The highest BCUT2D eigenvalue weighted by Gasteiger charge is 2.20. The highest BCUT2D eigenvalue weighted by molar-refractivity contribution is 9.10. The fraction of sp³-hybridized carbons (Fsp3) is 0.304. The minimum absolute atomic E-state index is 0.0978. The predicted octanol–water partition coefficient (Wildman–Crippen LogP) is 3.43. The van der Waals surface area contributed by atoms with Gasteiger partial charge in [0.1, 0.15) is 0 Å². The summed E-state index contributed by atoms with van der Waals surface area (Å²) >= 11 is 3.35. The van der Waals surface area contributed by atoms with E-state index >= 15 is 0 Å². The highest BCUT2D eigenvalue weighted by Crippen LogP contribution is 2.10. The average Bonchev–Trinajstić information content (AvgIpc) is 2.75. The van der Waals surface area contributed by atoms with Crippen LogP contribution in [0.1, 0.15) is 22.3 Å². The normalized spacial score (nSPS) is 14.9. The Kier molecular flexibility index (Phi) is 8.02. The Bertz CT molecular complexity index is 829. The second-order valence-electron chi connectivity index (χ2n) is 7.01. The van der Waals surface area contributed by atoms with Crippen LogP contribution in [0, 0.1) is 0 Å². The van der Waals surface area contributed by atoms with Crippen molar-refractivity contribution in [2.75, 3.05) is 39.3 Å². The third-order valence-electron chi connectivity index (χ3n) is 4.93. The largest absolute Gasteiger partial charge is 0.352 e. The van der Waals surface area contributed by atoms with Gasteiger partial charge in [-0.3, -0.25) is 14.5 Å². The molecule has 2 aromatic carbocycles. The molecular weight excluding hydrogens is 430 g/mol. The number of carbonyl (C=O) groups excluding carboxylic acids is 2. The molecule has 0 unspecified atom stereocenters. The van der Waals surface area contributed by atoms with E-state index < -0.39 is 0 Å². The maximum atomic E-state index is 12.4. The lowest BCUT2D eigenvalue weighted by Gasteiger charge is -2.34. The second-order valence-corrected chi connectivity index (χ2v) is 7.92. The number of hydrogen-bond acceptors (Lipinski definition) is 3. The number of amides is 2. The molecule has 0 atom stereocenters. The summed E-state index contributed by atoms with van der Waals surface area (Å²) in [6.07, 6.45) is 4.63. The van der Waals surface area contributed by atoms with Crippen molar-refractivity contribution in [2.24, 2.45) is 0 Å². The Labute approximate surface area is 180 Å². The molecule has 1 fully saturated rings. The standard InChI is InChI=1S/C23H26BrN3O2/c24-21-10-8-20(9-11-21)23(29)25-13-12-22(28)27-17-15-26(16-18-27)14-4-7-19-5-2-1-3-6-19/h1-11H,12-18H2,(H,25,29)/b7-4+. The molecule has 6 heteroatoms. The molecule has 1 aliphatic heterocycles. The summed E-state index contributed by atoms with van der Waals surface area (Å²) in [5, 5.41) is 2.82. The summed E-state index contributed by atoms with van der Waals surface area (Å²) < 4.78 is 0.930. The Morgan fingerprint density at radius 1 is 0.966 bits per heavy atom. The molecule has 1 aliphatic rings. The molecule has 29 heavy (non-hydrogen) atoms. The van der Waals surface area contributed by atoms with Crippen molar-refractivity contribution in [3.8, 4) is 0 Å². The van der Waals surface area contributed by atoms with Crippen LogP contribution in [-0.2, 0) is 4.79 Å². The second kappa shape index (κ2) is 10.9. The van der Waals surface area contributed by atoms with Gasteiger partial charge >= 0.3 is 0 Å². The summed E-state index contributed by atoms with van der Waals surface area (Å²) in [5.41, 5.74) is 1.80. The molecule has 2 amide bonds. The molecule has 0 aromatic heterocycles. The molecular formula is C23H26BrN3O2. The van der Waals surface area contributed by atoms with Gasteiger partial charge in [-0.15, -0.1) is 0 Å². The Balaban J connectivity index is 1.34. The third kappa shape index (κ3) is 6.84. The van der Waals surface area contributed by atoms with Gasteiger partial charge in [-0.2, -0.15) is 0 Å². The molecule has 1 saturated heterocycles. The van der Waals surface area contributed by atoms with Crippen molar-refractivity contribution < 1.29 is 9.59 Å². The molecule has 5 nitrogen and oxygen atoms in total. The van der Waals surface area contributed by atoms with Crippen molar-refractivity contribution in [1.82, 2.24) is 15.1 Å². The zero-order valence-corrected chi connectivity index (χ0v) is 18.0. The van der Waals surface area contributed by atoms with Gasteiger partial charge in [0, 0.05) is 55.7 Å². The quantitative estimate of drug-likeness (QED) is 0.695. The molecule has 3 rings (SSSR count). The number of carbonyl (C=O) groups is 2. The summed E-state index contributed by atoms with van der Waals surface area (Å²) in [5.74, 6) is -0.0547. The van der Waals surface area contributed by atoms with Gasteiger partial charge < -0.3 is 10.2 Å². The molecule has 0 aliphatic carbocycles. The van der Waals surface area contributed by atoms with Gasteiger partial charge in [0.15, 0.2) is 0 Å². The summed E-state index contributed by atoms with van der Waals surface area (Å²) in [7, 11) is 0. The van der Waals surface area contributed by atoms with Crippen LogP contribution >= 0.6 is 15.9 Å². The van der Waals surface area contributed by atoms with Crippen LogP contribution in [0.4, 0.5) is 0 Å². The van der Waals surface area contributed by atoms with E-state index in [1.54, 1.807) is 12.1 Å². The van der Waals surface area contributed by atoms with Gasteiger partial charge in [0.2, 0.25) is 5.91 Å². The van der Waals surface area contributed by atoms with Gasteiger partial charge in [-0.25, -0.2) is 0 Å². The van der Waals surface area contributed by atoms with E-state index in [1.165, 1.54) is 5.56 Å². The Hall–Kier alpha value is -2.44. The van der Waals surface area contributed by atoms with E-state index in [9.17, 15) is 9.59 Å². The van der Waals surface area contributed by atoms with E-state index in [2.05, 4.69) is 50.4 Å². The van der Waals surface area contributed by atoms with E-state index in [1.807, 2.05) is 35.2 Å². The Morgan fingerprint density at radius 3 is 2.34 bits per heavy atom. The summed E-state index contributed by atoms with van der Waals surface area (Å²) in [4.78, 5) is 28.7. The van der Waals surface area contributed by atoms with Gasteiger partial charge in [0.25, 0.3) is 5.91 Å². The lowest BCUT2D eigenvalue weighted by molar-refractivity contribution is -0.132. The van der Waals surface area contributed by atoms with Crippen LogP contribution in [0.3, 0.4) is 0 Å².